The predicted molar refractivity (Wildman–Crippen MR) is 68.9 cm³/mol. The van der Waals surface area contributed by atoms with Crippen LogP contribution in [0.15, 0.2) is 12.1 Å². The van der Waals surface area contributed by atoms with E-state index in [1.54, 1.807) is 6.07 Å². The summed E-state index contributed by atoms with van der Waals surface area (Å²) in [5.41, 5.74) is 7.61. The van der Waals surface area contributed by atoms with Gasteiger partial charge in [-0.2, -0.15) is 0 Å². The zero-order chi connectivity index (χ0) is 11.7. The summed E-state index contributed by atoms with van der Waals surface area (Å²) < 4.78 is 13.3. The standard InChI is InChI=1S/C13H18FNO.ClH/c1-8-6-7-10(14)13(16)11(8)12(15)9-4-2-3-5-9;/h6-7,9,12,16H,2-5,15H2,1H3;1H/t12-;/m1./s1. The molecule has 1 saturated carbocycles. The fourth-order valence-corrected chi connectivity index (χ4v) is 2.66. The van der Waals surface area contributed by atoms with Gasteiger partial charge in [-0.25, -0.2) is 4.39 Å². The van der Waals surface area contributed by atoms with Crippen LogP contribution in [0.25, 0.3) is 0 Å². The molecule has 1 aromatic rings. The minimum atomic E-state index is -0.575. The van der Waals surface area contributed by atoms with E-state index >= 15 is 0 Å². The van der Waals surface area contributed by atoms with Crippen LogP contribution in [0.4, 0.5) is 4.39 Å². The number of aromatic hydroxyl groups is 1. The van der Waals surface area contributed by atoms with Crippen molar-refractivity contribution in [2.45, 2.75) is 38.6 Å². The Hall–Kier alpha value is -0.800. The first-order valence-electron chi connectivity index (χ1n) is 5.85. The first-order valence-corrected chi connectivity index (χ1v) is 5.85. The van der Waals surface area contributed by atoms with E-state index < -0.39 is 5.82 Å². The predicted octanol–water partition coefficient (Wildman–Crippen LogP) is 3.45. The summed E-state index contributed by atoms with van der Waals surface area (Å²) >= 11 is 0. The van der Waals surface area contributed by atoms with Crippen molar-refractivity contribution in [2.24, 2.45) is 11.7 Å². The molecule has 0 heterocycles. The quantitative estimate of drug-likeness (QED) is 0.855. The van der Waals surface area contributed by atoms with Gasteiger partial charge >= 0.3 is 0 Å². The van der Waals surface area contributed by atoms with Gasteiger partial charge in [-0.3, -0.25) is 0 Å². The van der Waals surface area contributed by atoms with Crippen LogP contribution in [-0.4, -0.2) is 5.11 Å². The maximum atomic E-state index is 13.3. The van der Waals surface area contributed by atoms with Crippen LogP contribution in [0.5, 0.6) is 5.75 Å². The van der Waals surface area contributed by atoms with Crippen molar-refractivity contribution in [3.8, 4) is 5.75 Å². The fourth-order valence-electron chi connectivity index (χ4n) is 2.66. The second kappa shape index (κ2) is 5.69. The van der Waals surface area contributed by atoms with Crippen LogP contribution < -0.4 is 5.73 Å². The highest BCUT2D eigenvalue weighted by Crippen LogP contribution is 2.39. The van der Waals surface area contributed by atoms with Gasteiger partial charge < -0.3 is 10.8 Å². The smallest absolute Gasteiger partial charge is 0.165 e. The molecule has 1 aromatic carbocycles. The Bertz CT molecular complexity index is 391. The topological polar surface area (TPSA) is 46.2 Å². The molecule has 96 valence electrons. The maximum Gasteiger partial charge on any atom is 0.165 e. The second-order valence-electron chi connectivity index (χ2n) is 4.70. The second-order valence-corrected chi connectivity index (χ2v) is 4.70. The maximum absolute atomic E-state index is 13.3. The monoisotopic (exact) mass is 259 g/mol. The Morgan fingerprint density at radius 1 is 1.35 bits per heavy atom. The number of phenolic OH excluding ortho intramolecular Hbond substituents is 1. The summed E-state index contributed by atoms with van der Waals surface area (Å²) in [5, 5.41) is 9.75. The fraction of sp³-hybridized carbons (Fsp3) is 0.538. The number of hydrogen-bond acceptors (Lipinski definition) is 2. The van der Waals surface area contributed by atoms with Crippen LogP contribution in [0.2, 0.25) is 0 Å². The van der Waals surface area contributed by atoms with Crippen LogP contribution in [0.3, 0.4) is 0 Å². The summed E-state index contributed by atoms with van der Waals surface area (Å²) in [6, 6.07) is 2.73. The average molecular weight is 260 g/mol. The molecule has 0 unspecified atom stereocenters. The Morgan fingerprint density at radius 3 is 2.53 bits per heavy atom. The molecule has 3 N–H and O–H groups in total. The van der Waals surface area contributed by atoms with E-state index in [0.717, 1.165) is 18.4 Å². The van der Waals surface area contributed by atoms with Crippen molar-refractivity contribution in [1.82, 2.24) is 0 Å². The molecular weight excluding hydrogens is 241 g/mol. The van der Waals surface area contributed by atoms with Gasteiger partial charge in [0.2, 0.25) is 0 Å². The van der Waals surface area contributed by atoms with Crippen LogP contribution >= 0.6 is 12.4 Å². The highest BCUT2D eigenvalue weighted by Gasteiger charge is 2.27. The minimum Gasteiger partial charge on any atom is -0.505 e. The normalized spacial score (nSPS) is 17.8. The summed E-state index contributed by atoms with van der Waals surface area (Å²) in [6.07, 6.45) is 4.54. The van der Waals surface area contributed by atoms with E-state index in [-0.39, 0.29) is 24.2 Å². The third-order valence-corrected chi connectivity index (χ3v) is 3.63. The van der Waals surface area contributed by atoms with Crippen LogP contribution in [-0.2, 0) is 0 Å². The first kappa shape index (κ1) is 14.3. The highest BCUT2D eigenvalue weighted by atomic mass is 35.5. The summed E-state index contributed by atoms with van der Waals surface area (Å²) in [7, 11) is 0. The zero-order valence-corrected chi connectivity index (χ0v) is 10.8. The lowest BCUT2D eigenvalue weighted by Gasteiger charge is -2.22. The molecule has 4 heteroatoms. The number of rotatable bonds is 2. The molecule has 0 radical (unpaired) electrons. The van der Waals surface area contributed by atoms with Gasteiger partial charge in [0.25, 0.3) is 0 Å². The Labute approximate surface area is 107 Å². The lowest BCUT2D eigenvalue weighted by atomic mass is 9.89. The highest BCUT2D eigenvalue weighted by molar-refractivity contribution is 5.85. The lowest BCUT2D eigenvalue weighted by molar-refractivity contribution is 0.390. The largest absolute Gasteiger partial charge is 0.505 e. The Balaban J connectivity index is 0.00000144. The number of phenols is 1. The molecule has 2 rings (SSSR count). The first-order chi connectivity index (χ1) is 7.61. The van der Waals surface area contributed by atoms with Crippen molar-refractivity contribution in [3.63, 3.8) is 0 Å². The van der Waals surface area contributed by atoms with Gasteiger partial charge in [0.15, 0.2) is 11.6 Å². The molecule has 1 aliphatic rings. The summed E-state index contributed by atoms with van der Waals surface area (Å²) in [6.45, 7) is 1.86. The zero-order valence-electron chi connectivity index (χ0n) is 9.95. The average Bonchev–Trinajstić information content (AvgIpc) is 2.77. The molecule has 1 aliphatic carbocycles. The third-order valence-electron chi connectivity index (χ3n) is 3.63. The van der Waals surface area contributed by atoms with Gasteiger partial charge in [-0.1, -0.05) is 18.9 Å². The van der Waals surface area contributed by atoms with Crippen molar-refractivity contribution in [2.75, 3.05) is 0 Å². The van der Waals surface area contributed by atoms with Crippen molar-refractivity contribution >= 4 is 12.4 Å². The minimum absolute atomic E-state index is 0. The van der Waals surface area contributed by atoms with Crippen molar-refractivity contribution in [3.05, 3.63) is 29.1 Å². The molecule has 0 amide bonds. The summed E-state index contributed by atoms with van der Waals surface area (Å²) in [5.74, 6) is -0.458. The van der Waals surface area contributed by atoms with E-state index in [2.05, 4.69) is 0 Å². The number of aryl methyl sites for hydroxylation is 1. The molecule has 0 saturated heterocycles. The molecule has 0 aliphatic heterocycles. The number of nitrogens with two attached hydrogens (primary N) is 1. The molecule has 2 nitrogen and oxygen atoms in total. The number of hydrogen-bond donors (Lipinski definition) is 2. The lowest BCUT2D eigenvalue weighted by Crippen LogP contribution is -2.20. The van der Waals surface area contributed by atoms with E-state index in [9.17, 15) is 9.50 Å². The summed E-state index contributed by atoms with van der Waals surface area (Å²) in [4.78, 5) is 0. The molecule has 17 heavy (non-hydrogen) atoms. The Kier molecular flexibility index (Phi) is 4.78. The van der Waals surface area contributed by atoms with Gasteiger partial charge in [0, 0.05) is 11.6 Å². The van der Waals surface area contributed by atoms with E-state index in [1.165, 1.54) is 18.9 Å². The van der Waals surface area contributed by atoms with Crippen molar-refractivity contribution in [1.29, 1.82) is 0 Å². The molecule has 1 fully saturated rings. The molecule has 0 aromatic heterocycles. The van der Waals surface area contributed by atoms with E-state index in [1.807, 2.05) is 6.92 Å². The van der Waals surface area contributed by atoms with E-state index in [4.69, 9.17) is 5.73 Å². The number of halogens is 2. The number of benzene rings is 1. The Morgan fingerprint density at radius 2 is 1.94 bits per heavy atom. The van der Waals surface area contributed by atoms with E-state index in [0.29, 0.717) is 11.5 Å². The molecule has 1 atom stereocenters. The SMILES string of the molecule is Cc1ccc(F)c(O)c1[C@H](N)C1CCCC1.Cl. The van der Waals surface area contributed by atoms with Crippen LogP contribution in [0, 0.1) is 18.7 Å². The van der Waals surface area contributed by atoms with Crippen LogP contribution in [0.1, 0.15) is 42.9 Å². The van der Waals surface area contributed by atoms with Gasteiger partial charge in [0.1, 0.15) is 0 Å². The third kappa shape index (κ3) is 2.72. The van der Waals surface area contributed by atoms with Gasteiger partial charge in [-0.15, -0.1) is 12.4 Å². The van der Waals surface area contributed by atoms with Gasteiger partial charge in [0.05, 0.1) is 0 Å². The van der Waals surface area contributed by atoms with Gasteiger partial charge in [-0.05, 0) is 37.3 Å². The molecule has 0 spiro atoms. The molecule has 0 bridgehead atoms. The molecular formula is C13H19ClFNO. The van der Waals surface area contributed by atoms with Crippen molar-refractivity contribution < 1.29 is 9.50 Å².